The lowest BCUT2D eigenvalue weighted by atomic mass is 10.1. The molecular formula is C13H17NO5S2. The van der Waals surface area contributed by atoms with Gasteiger partial charge < -0.3 is 10.4 Å². The number of carbonyl (C=O) groups excluding carboxylic acids is 1. The van der Waals surface area contributed by atoms with E-state index in [0.717, 1.165) is 11.2 Å². The molecule has 0 spiro atoms. The predicted molar refractivity (Wildman–Crippen MR) is 81.4 cm³/mol. The van der Waals surface area contributed by atoms with Gasteiger partial charge >= 0.3 is 5.97 Å². The van der Waals surface area contributed by atoms with Crippen LogP contribution < -0.4 is 5.32 Å². The summed E-state index contributed by atoms with van der Waals surface area (Å²) in [5.74, 6) is -2.08. The van der Waals surface area contributed by atoms with Crippen molar-refractivity contribution in [1.82, 2.24) is 5.32 Å². The van der Waals surface area contributed by atoms with E-state index in [2.05, 4.69) is 5.32 Å². The Labute approximate surface area is 127 Å². The zero-order valence-corrected chi connectivity index (χ0v) is 13.3. The van der Waals surface area contributed by atoms with Crippen LogP contribution in [0, 0.1) is 0 Å². The second-order valence-electron chi connectivity index (χ2n) is 4.48. The lowest BCUT2D eigenvalue weighted by Gasteiger charge is -2.15. The van der Waals surface area contributed by atoms with E-state index in [1.165, 1.54) is 11.8 Å². The van der Waals surface area contributed by atoms with E-state index in [-0.39, 0.29) is 12.2 Å². The predicted octanol–water partition coefficient (Wildman–Crippen LogP) is 1.03. The molecule has 0 aliphatic rings. The van der Waals surface area contributed by atoms with Crippen molar-refractivity contribution in [2.75, 3.05) is 18.3 Å². The van der Waals surface area contributed by atoms with Crippen molar-refractivity contribution >= 4 is 33.5 Å². The molecule has 1 rings (SSSR count). The van der Waals surface area contributed by atoms with E-state index in [1.807, 2.05) is 6.26 Å². The van der Waals surface area contributed by atoms with Crippen LogP contribution in [0.4, 0.5) is 0 Å². The summed E-state index contributed by atoms with van der Waals surface area (Å²) in [6.07, 6.45) is 2.67. The maximum absolute atomic E-state index is 12.1. The minimum absolute atomic E-state index is 0.165. The van der Waals surface area contributed by atoms with E-state index in [0.29, 0.717) is 5.56 Å². The Balaban J connectivity index is 2.84. The molecule has 1 aromatic rings. The van der Waals surface area contributed by atoms with Crippen LogP contribution in [-0.4, -0.2) is 49.7 Å². The number of aliphatic carboxylic acids is 1. The monoisotopic (exact) mass is 331 g/mol. The number of hydrogen-bond acceptors (Lipinski definition) is 5. The number of thioether (sulfide) groups is 1. The minimum atomic E-state index is -3.28. The van der Waals surface area contributed by atoms with Crippen molar-refractivity contribution in [1.29, 1.82) is 0 Å². The molecule has 116 valence electrons. The molecule has 1 aromatic carbocycles. The third kappa shape index (κ3) is 5.76. The first-order valence-corrected chi connectivity index (χ1v) is 9.37. The van der Waals surface area contributed by atoms with Crippen LogP contribution in [0.2, 0.25) is 0 Å². The van der Waals surface area contributed by atoms with Gasteiger partial charge in [-0.1, -0.05) is 12.1 Å². The summed E-state index contributed by atoms with van der Waals surface area (Å²) in [5.41, 5.74) is 0.371. The Morgan fingerprint density at radius 2 is 1.95 bits per heavy atom. The number of carboxylic acid groups (broad SMARTS) is 1. The zero-order chi connectivity index (χ0) is 16.0. The highest BCUT2D eigenvalue weighted by Crippen LogP contribution is 2.19. The third-order valence-electron chi connectivity index (χ3n) is 2.73. The zero-order valence-electron chi connectivity index (χ0n) is 11.7. The van der Waals surface area contributed by atoms with Gasteiger partial charge in [0.25, 0.3) is 5.91 Å². The number of carbonyl (C=O) groups is 2. The van der Waals surface area contributed by atoms with Crippen molar-refractivity contribution < 1.29 is 23.1 Å². The number of hydrogen-bond donors (Lipinski definition) is 2. The molecule has 0 bridgehead atoms. The van der Waals surface area contributed by atoms with Gasteiger partial charge in [-0.2, -0.15) is 0 Å². The van der Waals surface area contributed by atoms with Gasteiger partial charge in [-0.3, -0.25) is 4.79 Å². The van der Waals surface area contributed by atoms with E-state index in [4.69, 9.17) is 5.11 Å². The molecule has 21 heavy (non-hydrogen) atoms. The summed E-state index contributed by atoms with van der Waals surface area (Å²) >= 11 is 1.37. The lowest BCUT2D eigenvalue weighted by molar-refractivity contribution is -0.139. The van der Waals surface area contributed by atoms with Crippen molar-refractivity contribution in [3.63, 3.8) is 0 Å². The van der Waals surface area contributed by atoms with Gasteiger partial charge in [0.1, 0.15) is 15.9 Å². The van der Waals surface area contributed by atoms with Crippen LogP contribution >= 0.6 is 11.8 Å². The average molecular weight is 331 g/mol. The van der Waals surface area contributed by atoms with Crippen LogP contribution in [0.5, 0.6) is 0 Å². The van der Waals surface area contributed by atoms with E-state index >= 15 is 0 Å². The summed E-state index contributed by atoms with van der Waals surface area (Å²) in [7, 11) is -3.28. The standard InChI is InChI=1S/C13H17NO5S2/c1-20-11-6-4-3-5-9(11)12(15)14-10(13(16)17)7-8-21(2,18)19/h3-6,10H,7-8H2,1-2H3,(H,14,15)(H,16,17). The highest BCUT2D eigenvalue weighted by molar-refractivity contribution is 7.98. The number of rotatable bonds is 7. The van der Waals surface area contributed by atoms with Crippen molar-refractivity contribution in [2.45, 2.75) is 17.4 Å². The van der Waals surface area contributed by atoms with E-state index in [1.54, 1.807) is 24.3 Å². The number of nitrogens with one attached hydrogen (secondary N) is 1. The Bertz CT molecular complexity index is 627. The topological polar surface area (TPSA) is 101 Å². The van der Waals surface area contributed by atoms with E-state index in [9.17, 15) is 18.0 Å². The summed E-state index contributed by atoms with van der Waals surface area (Å²) < 4.78 is 22.2. The van der Waals surface area contributed by atoms with Crippen LogP contribution in [0.3, 0.4) is 0 Å². The second-order valence-corrected chi connectivity index (χ2v) is 7.59. The molecule has 0 aliphatic carbocycles. The summed E-state index contributed by atoms with van der Waals surface area (Å²) in [5, 5.41) is 11.4. The lowest BCUT2D eigenvalue weighted by Crippen LogP contribution is -2.42. The van der Waals surface area contributed by atoms with Crippen LogP contribution in [0.15, 0.2) is 29.2 Å². The summed E-state index contributed by atoms with van der Waals surface area (Å²) in [6, 6.07) is 5.58. The van der Waals surface area contributed by atoms with Gasteiger partial charge in [-0.05, 0) is 24.8 Å². The summed E-state index contributed by atoms with van der Waals surface area (Å²) in [6.45, 7) is 0. The molecule has 1 amide bonds. The number of carboxylic acids is 1. The normalized spacial score (nSPS) is 12.7. The van der Waals surface area contributed by atoms with Gasteiger partial charge in [-0.25, -0.2) is 13.2 Å². The smallest absolute Gasteiger partial charge is 0.326 e. The van der Waals surface area contributed by atoms with Crippen LogP contribution in [0.1, 0.15) is 16.8 Å². The largest absolute Gasteiger partial charge is 0.480 e. The Morgan fingerprint density at radius 1 is 1.33 bits per heavy atom. The van der Waals surface area contributed by atoms with Gasteiger partial charge in [-0.15, -0.1) is 11.8 Å². The third-order valence-corrected chi connectivity index (χ3v) is 4.51. The number of benzene rings is 1. The van der Waals surface area contributed by atoms with Crippen molar-refractivity contribution in [2.24, 2.45) is 0 Å². The number of amides is 1. The second kappa shape index (κ2) is 7.46. The van der Waals surface area contributed by atoms with Crippen molar-refractivity contribution in [3.8, 4) is 0 Å². The molecule has 0 aromatic heterocycles. The van der Waals surface area contributed by atoms with Crippen LogP contribution in [-0.2, 0) is 14.6 Å². The molecule has 0 saturated carbocycles. The Kier molecular flexibility index (Phi) is 6.22. The van der Waals surface area contributed by atoms with Crippen molar-refractivity contribution in [3.05, 3.63) is 29.8 Å². The first-order valence-electron chi connectivity index (χ1n) is 6.09. The fourth-order valence-corrected chi connectivity index (χ4v) is 2.92. The molecule has 1 unspecified atom stereocenters. The highest BCUT2D eigenvalue weighted by atomic mass is 32.2. The van der Waals surface area contributed by atoms with Gasteiger partial charge in [0, 0.05) is 11.2 Å². The number of sulfone groups is 1. The molecule has 1 atom stereocenters. The maximum Gasteiger partial charge on any atom is 0.326 e. The fraction of sp³-hybridized carbons (Fsp3) is 0.385. The minimum Gasteiger partial charge on any atom is -0.480 e. The van der Waals surface area contributed by atoms with Gasteiger partial charge in [0.15, 0.2) is 0 Å². The maximum atomic E-state index is 12.1. The first kappa shape index (κ1) is 17.5. The fourth-order valence-electron chi connectivity index (χ4n) is 1.66. The average Bonchev–Trinajstić information content (AvgIpc) is 2.41. The van der Waals surface area contributed by atoms with Gasteiger partial charge in [0.2, 0.25) is 0 Å². The highest BCUT2D eigenvalue weighted by Gasteiger charge is 2.23. The Hall–Kier alpha value is -1.54. The quantitative estimate of drug-likeness (QED) is 0.724. The van der Waals surface area contributed by atoms with Gasteiger partial charge in [0.05, 0.1) is 11.3 Å². The first-order chi connectivity index (χ1) is 9.74. The molecule has 0 fully saturated rings. The SMILES string of the molecule is CSc1ccccc1C(=O)NC(CCS(C)(=O)=O)C(=O)O. The molecule has 2 N–H and O–H groups in total. The van der Waals surface area contributed by atoms with E-state index < -0.39 is 27.8 Å². The molecular weight excluding hydrogens is 314 g/mol. The molecule has 0 saturated heterocycles. The molecule has 8 heteroatoms. The molecule has 6 nitrogen and oxygen atoms in total. The van der Waals surface area contributed by atoms with Crippen LogP contribution in [0.25, 0.3) is 0 Å². The summed E-state index contributed by atoms with van der Waals surface area (Å²) in [4.78, 5) is 24.0. The molecule has 0 heterocycles. The molecule has 0 aliphatic heterocycles. The molecule has 0 radical (unpaired) electrons. The Morgan fingerprint density at radius 3 is 2.48 bits per heavy atom.